The summed E-state index contributed by atoms with van der Waals surface area (Å²) in [5.74, 6) is -0.621. The van der Waals surface area contributed by atoms with Crippen LogP contribution in [0.2, 0.25) is 0 Å². The van der Waals surface area contributed by atoms with E-state index in [1.807, 2.05) is 6.92 Å². The molecule has 4 heteroatoms. The fourth-order valence-electron chi connectivity index (χ4n) is 2.89. The zero-order valence-corrected chi connectivity index (χ0v) is 17.2. The normalized spacial score (nSPS) is 12.7. The summed E-state index contributed by atoms with van der Waals surface area (Å²) in [7, 11) is 0. The fourth-order valence-corrected chi connectivity index (χ4v) is 2.89. The molecule has 148 valence electrons. The minimum Gasteiger partial charge on any atom is -0.466 e. The van der Waals surface area contributed by atoms with Gasteiger partial charge in [-0.3, -0.25) is 9.59 Å². The molecular formula is C21H40O4. The Hall–Kier alpha value is -1.06. The van der Waals surface area contributed by atoms with E-state index >= 15 is 0 Å². The lowest BCUT2D eigenvalue weighted by atomic mass is 9.90. The van der Waals surface area contributed by atoms with Gasteiger partial charge in [0.15, 0.2) is 0 Å². The van der Waals surface area contributed by atoms with Crippen LogP contribution in [0.5, 0.6) is 0 Å². The van der Waals surface area contributed by atoms with Gasteiger partial charge in [-0.2, -0.15) is 0 Å². The van der Waals surface area contributed by atoms with E-state index in [0.29, 0.717) is 6.61 Å². The number of rotatable bonds is 14. The summed E-state index contributed by atoms with van der Waals surface area (Å²) in [5.41, 5.74) is 0.120. The smallest absolute Gasteiger partial charge is 0.306 e. The molecule has 0 aliphatic carbocycles. The van der Waals surface area contributed by atoms with E-state index in [2.05, 4.69) is 27.7 Å². The predicted octanol–water partition coefficient (Wildman–Crippen LogP) is 5.82. The van der Waals surface area contributed by atoms with Gasteiger partial charge in [-0.05, 0) is 25.2 Å². The lowest BCUT2D eigenvalue weighted by Crippen LogP contribution is -2.21. The van der Waals surface area contributed by atoms with Crippen LogP contribution in [0.1, 0.15) is 105 Å². The molecule has 0 spiro atoms. The van der Waals surface area contributed by atoms with Crippen molar-refractivity contribution in [3.05, 3.63) is 0 Å². The highest BCUT2D eigenvalue weighted by Crippen LogP contribution is 2.22. The highest BCUT2D eigenvalue weighted by molar-refractivity contribution is 5.77. The minimum atomic E-state index is -0.319. The first-order valence-electron chi connectivity index (χ1n) is 10.1. The van der Waals surface area contributed by atoms with Crippen LogP contribution < -0.4 is 0 Å². The van der Waals surface area contributed by atoms with Crippen LogP contribution in [0, 0.1) is 5.41 Å². The summed E-state index contributed by atoms with van der Waals surface area (Å²) in [6, 6.07) is 0. The van der Waals surface area contributed by atoms with E-state index < -0.39 is 0 Å². The van der Waals surface area contributed by atoms with Crippen molar-refractivity contribution in [1.29, 1.82) is 0 Å². The number of carbonyl (C=O) groups is 2. The molecule has 0 aromatic heterocycles. The molecule has 0 saturated heterocycles. The molecule has 0 aromatic rings. The van der Waals surface area contributed by atoms with Crippen LogP contribution in [0.3, 0.4) is 0 Å². The number of carbonyl (C=O) groups excluding carboxylic acids is 2. The second kappa shape index (κ2) is 14.1. The Morgan fingerprint density at radius 3 is 1.92 bits per heavy atom. The summed E-state index contributed by atoms with van der Waals surface area (Å²) < 4.78 is 10.5. The summed E-state index contributed by atoms with van der Waals surface area (Å²) in [5, 5.41) is 0. The maximum absolute atomic E-state index is 11.7. The molecule has 0 bridgehead atoms. The molecule has 0 rings (SSSR count). The lowest BCUT2D eigenvalue weighted by Gasteiger charge is -2.23. The van der Waals surface area contributed by atoms with E-state index in [1.165, 1.54) is 38.5 Å². The molecule has 25 heavy (non-hydrogen) atoms. The van der Waals surface area contributed by atoms with Crippen molar-refractivity contribution < 1.29 is 19.1 Å². The van der Waals surface area contributed by atoms with Gasteiger partial charge in [0.25, 0.3) is 0 Å². The van der Waals surface area contributed by atoms with Crippen LogP contribution in [0.15, 0.2) is 0 Å². The quantitative estimate of drug-likeness (QED) is 0.291. The Balaban J connectivity index is 3.56. The van der Waals surface area contributed by atoms with Crippen LogP contribution in [-0.4, -0.2) is 24.6 Å². The Morgan fingerprint density at radius 2 is 1.36 bits per heavy atom. The molecule has 1 unspecified atom stereocenters. The number of unbranched alkanes of at least 4 members (excludes halogenated alkanes) is 7. The van der Waals surface area contributed by atoms with Crippen molar-refractivity contribution in [2.45, 2.75) is 111 Å². The van der Waals surface area contributed by atoms with Gasteiger partial charge in [0.1, 0.15) is 0 Å². The monoisotopic (exact) mass is 356 g/mol. The van der Waals surface area contributed by atoms with Crippen LogP contribution in [0.4, 0.5) is 0 Å². The van der Waals surface area contributed by atoms with E-state index in [9.17, 15) is 9.59 Å². The van der Waals surface area contributed by atoms with Gasteiger partial charge in [0, 0.05) is 0 Å². The zero-order chi connectivity index (χ0) is 19.1. The molecule has 4 nitrogen and oxygen atoms in total. The topological polar surface area (TPSA) is 52.6 Å². The molecule has 1 atom stereocenters. The molecule has 0 aromatic carbocycles. The highest BCUT2D eigenvalue weighted by atomic mass is 16.5. The number of hydrogen-bond donors (Lipinski definition) is 0. The van der Waals surface area contributed by atoms with Crippen LogP contribution >= 0.6 is 0 Å². The maximum atomic E-state index is 11.7. The van der Waals surface area contributed by atoms with Crippen molar-refractivity contribution in [2.75, 3.05) is 6.61 Å². The first kappa shape index (κ1) is 23.9. The SMILES string of the molecule is CCCCCCCCCCOC(=O)CCC(=O)OC(C)CC(C)(C)C. The summed E-state index contributed by atoms with van der Waals surface area (Å²) in [4.78, 5) is 23.4. The number of ether oxygens (including phenoxy) is 2. The van der Waals surface area contributed by atoms with Crippen molar-refractivity contribution in [1.82, 2.24) is 0 Å². The average Bonchev–Trinajstić information content (AvgIpc) is 2.49. The fraction of sp³-hybridized carbons (Fsp3) is 0.905. The summed E-state index contributed by atoms with van der Waals surface area (Å²) in [6.45, 7) is 10.9. The summed E-state index contributed by atoms with van der Waals surface area (Å²) >= 11 is 0. The molecule has 0 saturated carbocycles. The molecular weight excluding hydrogens is 316 g/mol. The van der Waals surface area contributed by atoms with Crippen molar-refractivity contribution in [3.63, 3.8) is 0 Å². The van der Waals surface area contributed by atoms with Crippen LogP contribution in [0.25, 0.3) is 0 Å². The molecule has 0 aliphatic heterocycles. The standard InChI is InChI=1S/C21H40O4/c1-6-7-8-9-10-11-12-13-16-24-19(22)14-15-20(23)25-18(2)17-21(3,4)5/h18H,6-17H2,1-5H3. The van der Waals surface area contributed by atoms with E-state index in [-0.39, 0.29) is 36.3 Å². The lowest BCUT2D eigenvalue weighted by molar-refractivity contribution is -0.154. The largest absolute Gasteiger partial charge is 0.466 e. The van der Waals surface area contributed by atoms with Gasteiger partial charge >= 0.3 is 11.9 Å². The summed E-state index contributed by atoms with van der Waals surface area (Å²) in [6.07, 6.45) is 10.6. The Kier molecular flexibility index (Phi) is 13.5. The van der Waals surface area contributed by atoms with Crippen molar-refractivity contribution in [2.24, 2.45) is 5.41 Å². The first-order valence-corrected chi connectivity index (χ1v) is 10.1. The third-order valence-electron chi connectivity index (χ3n) is 4.03. The Morgan fingerprint density at radius 1 is 0.840 bits per heavy atom. The molecule has 0 aliphatic rings. The van der Waals surface area contributed by atoms with E-state index in [0.717, 1.165) is 19.3 Å². The van der Waals surface area contributed by atoms with Gasteiger partial charge in [-0.1, -0.05) is 72.6 Å². The molecule has 0 amide bonds. The third-order valence-corrected chi connectivity index (χ3v) is 4.03. The minimum absolute atomic E-state index is 0.102. The Bertz CT molecular complexity index is 357. The zero-order valence-electron chi connectivity index (χ0n) is 17.2. The third kappa shape index (κ3) is 17.6. The van der Waals surface area contributed by atoms with Gasteiger partial charge in [0.2, 0.25) is 0 Å². The number of hydrogen-bond acceptors (Lipinski definition) is 4. The van der Waals surface area contributed by atoms with Crippen molar-refractivity contribution in [3.8, 4) is 0 Å². The van der Waals surface area contributed by atoms with Gasteiger partial charge in [0.05, 0.1) is 25.6 Å². The highest BCUT2D eigenvalue weighted by Gasteiger charge is 2.18. The first-order chi connectivity index (χ1) is 11.7. The molecule has 0 heterocycles. The van der Waals surface area contributed by atoms with Gasteiger partial charge in [-0.15, -0.1) is 0 Å². The maximum Gasteiger partial charge on any atom is 0.306 e. The predicted molar refractivity (Wildman–Crippen MR) is 102 cm³/mol. The van der Waals surface area contributed by atoms with Crippen molar-refractivity contribution >= 4 is 11.9 Å². The van der Waals surface area contributed by atoms with Gasteiger partial charge < -0.3 is 9.47 Å². The second-order valence-corrected chi connectivity index (χ2v) is 8.26. The average molecular weight is 357 g/mol. The molecule has 0 radical (unpaired) electrons. The number of esters is 2. The molecule has 0 fully saturated rings. The van der Waals surface area contributed by atoms with Crippen LogP contribution in [-0.2, 0) is 19.1 Å². The van der Waals surface area contributed by atoms with E-state index in [1.54, 1.807) is 0 Å². The second-order valence-electron chi connectivity index (χ2n) is 8.26. The molecule has 0 N–H and O–H groups in total. The van der Waals surface area contributed by atoms with E-state index in [4.69, 9.17) is 9.47 Å². The Labute approximate surface area is 155 Å². The van der Waals surface area contributed by atoms with Gasteiger partial charge in [-0.25, -0.2) is 0 Å².